The third-order valence-electron chi connectivity index (χ3n) is 5.09. The quantitative estimate of drug-likeness (QED) is 0.426. The smallest absolute Gasteiger partial charge is 0.277 e. The Morgan fingerprint density at radius 1 is 1.13 bits per heavy atom. The second kappa shape index (κ2) is 8.43. The lowest BCUT2D eigenvalue weighted by Crippen LogP contribution is -2.23. The number of ether oxygens (including phenoxy) is 2. The highest BCUT2D eigenvalue weighted by Crippen LogP contribution is 2.36. The minimum atomic E-state index is -0.498. The SMILES string of the molecule is O=C(CSc1nnc(C2COc3ccccc3O2)o1)c1cccc(N2CCCC2=O)c1. The lowest BCUT2D eigenvalue weighted by molar-refractivity contribution is -0.117. The molecule has 0 N–H and O–H groups in total. The van der Waals surface area contributed by atoms with Gasteiger partial charge in [0.1, 0.15) is 6.61 Å². The molecule has 158 valence electrons. The van der Waals surface area contributed by atoms with Gasteiger partial charge in [-0.1, -0.05) is 36.0 Å². The summed E-state index contributed by atoms with van der Waals surface area (Å²) in [5.41, 5.74) is 1.30. The first kappa shape index (κ1) is 19.6. The van der Waals surface area contributed by atoms with Gasteiger partial charge in [0, 0.05) is 24.2 Å². The molecule has 3 aromatic rings. The molecule has 0 saturated carbocycles. The second-order valence-electron chi connectivity index (χ2n) is 7.18. The topological polar surface area (TPSA) is 94.8 Å². The molecule has 0 aliphatic carbocycles. The number of aromatic nitrogens is 2. The fraction of sp³-hybridized carbons (Fsp3) is 0.273. The summed E-state index contributed by atoms with van der Waals surface area (Å²) < 4.78 is 17.2. The molecule has 0 bridgehead atoms. The van der Waals surface area contributed by atoms with Crippen LogP contribution in [0, 0.1) is 0 Å². The highest BCUT2D eigenvalue weighted by atomic mass is 32.2. The van der Waals surface area contributed by atoms with Gasteiger partial charge < -0.3 is 18.8 Å². The van der Waals surface area contributed by atoms with E-state index < -0.39 is 6.10 Å². The predicted octanol–water partition coefficient (Wildman–Crippen LogP) is 3.68. The summed E-state index contributed by atoms with van der Waals surface area (Å²) in [6, 6.07) is 14.5. The number of benzene rings is 2. The van der Waals surface area contributed by atoms with Gasteiger partial charge >= 0.3 is 0 Å². The number of hydrogen-bond donors (Lipinski definition) is 0. The zero-order chi connectivity index (χ0) is 21.2. The molecule has 31 heavy (non-hydrogen) atoms. The number of carbonyl (C=O) groups is 2. The number of nitrogens with zero attached hydrogens (tertiary/aromatic N) is 3. The lowest BCUT2D eigenvalue weighted by Gasteiger charge is -2.23. The maximum absolute atomic E-state index is 12.7. The fourth-order valence-corrected chi connectivity index (χ4v) is 4.19. The summed E-state index contributed by atoms with van der Waals surface area (Å²) in [5.74, 6) is 1.76. The molecule has 8 nitrogen and oxygen atoms in total. The Hall–Kier alpha value is -3.33. The number of anilines is 1. The van der Waals surface area contributed by atoms with Gasteiger partial charge in [0.2, 0.25) is 12.0 Å². The molecule has 1 aromatic heterocycles. The van der Waals surface area contributed by atoms with E-state index in [1.165, 1.54) is 11.8 Å². The second-order valence-corrected chi connectivity index (χ2v) is 8.11. The van der Waals surface area contributed by atoms with Crippen LogP contribution in [0.4, 0.5) is 5.69 Å². The molecule has 1 atom stereocenters. The minimum absolute atomic E-state index is 0.0792. The Balaban J connectivity index is 1.21. The van der Waals surface area contributed by atoms with E-state index in [0.717, 1.165) is 12.1 Å². The molecule has 9 heteroatoms. The van der Waals surface area contributed by atoms with Crippen LogP contribution in [0.1, 0.15) is 35.2 Å². The maximum atomic E-state index is 12.7. The molecule has 2 aliphatic rings. The predicted molar refractivity (Wildman–Crippen MR) is 113 cm³/mol. The molecule has 1 fully saturated rings. The first-order valence-corrected chi connectivity index (χ1v) is 10.9. The number of amides is 1. The van der Waals surface area contributed by atoms with Gasteiger partial charge in [-0.3, -0.25) is 9.59 Å². The number of hydrogen-bond acceptors (Lipinski definition) is 8. The summed E-state index contributed by atoms with van der Waals surface area (Å²) in [6.45, 7) is 0.956. The van der Waals surface area contributed by atoms with Crippen molar-refractivity contribution in [3.05, 3.63) is 60.0 Å². The number of thioether (sulfide) groups is 1. The van der Waals surface area contributed by atoms with Gasteiger partial charge in [0.05, 0.1) is 5.75 Å². The summed E-state index contributed by atoms with van der Waals surface area (Å²) in [4.78, 5) is 26.3. The summed E-state index contributed by atoms with van der Waals surface area (Å²) in [7, 11) is 0. The van der Waals surface area contributed by atoms with E-state index in [1.54, 1.807) is 23.1 Å². The molecule has 5 rings (SSSR count). The monoisotopic (exact) mass is 437 g/mol. The molecule has 2 aromatic carbocycles. The fourth-order valence-electron chi connectivity index (χ4n) is 3.53. The Morgan fingerprint density at radius 2 is 2.00 bits per heavy atom. The molecular weight excluding hydrogens is 418 g/mol. The van der Waals surface area contributed by atoms with Gasteiger partial charge in [0.15, 0.2) is 17.3 Å². The Labute approximate surface area is 182 Å². The Morgan fingerprint density at radius 3 is 2.84 bits per heavy atom. The normalized spacial score (nSPS) is 17.7. The number of Topliss-reactive ketones (excluding diaryl/α,β-unsaturated/α-hetero) is 1. The molecule has 1 amide bonds. The van der Waals surface area contributed by atoms with Gasteiger partial charge in [-0.2, -0.15) is 0 Å². The van der Waals surface area contributed by atoms with E-state index >= 15 is 0 Å². The summed E-state index contributed by atoms with van der Waals surface area (Å²) in [5, 5.41) is 8.34. The van der Waals surface area contributed by atoms with Crippen LogP contribution in [0.2, 0.25) is 0 Å². The lowest BCUT2D eigenvalue weighted by atomic mass is 10.1. The number of para-hydroxylation sites is 2. The van der Waals surface area contributed by atoms with Crippen molar-refractivity contribution in [2.24, 2.45) is 0 Å². The van der Waals surface area contributed by atoms with E-state index in [0.29, 0.717) is 35.9 Å². The van der Waals surface area contributed by atoms with Crippen molar-refractivity contribution in [2.45, 2.75) is 24.2 Å². The van der Waals surface area contributed by atoms with Gasteiger partial charge in [-0.15, -0.1) is 10.2 Å². The van der Waals surface area contributed by atoms with Crippen molar-refractivity contribution in [3.63, 3.8) is 0 Å². The number of ketones is 1. The van der Waals surface area contributed by atoms with Crippen LogP contribution < -0.4 is 14.4 Å². The highest BCUT2D eigenvalue weighted by molar-refractivity contribution is 7.99. The van der Waals surface area contributed by atoms with Crippen LogP contribution in [0.15, 0.2) is 58.2 Å². The molecular formula is C22H19N3O5S. The highest BCUT2D eigenvalue weighted by Gasteiger charge is 2.27. The van der Waals surface area contributed by atoms with Crippen molar-refractivity contribution in [2.75, 3.05) is 23.8 Å². The molecule has 2 aliphatic heterocycles. The van der Waals surface area contributed by atoms with E-state index in [1.807, 2.05) is 30.3 Å². The molecule has 3 heterocycles. The zero-order valence-electron chi connectivity index (χ0n) is 16.5. The van der Waals surface area contributed by atoms with Crippen molar-refractivity contribution in [3.8, 4) is 11.5 Å². The largest absolute Gasteiger partial charge is 0.485 e. The standard InChI is InChI=1S/C22H19N3O5S/c26-16(14-5-3-6-15(11-14)25-10-4-9-20(25)27)13-31-22-24-23-21(30-22)19-12-28-17-7-1-2-8-18(17)29-19/h1-3,5-8,11,19H,4,9-10,12-13H2. The minimum Gasteiger partial charge on any atom is -0.485 e. The van der Waals surface area contributed by atoms with Gasteiger partial charge in [-0.25, -0.2) is 0 Å². The first-order chi connectivity index (χ1) is 15.2. The van der Waals surface area contributed by atoms with E-state index in [2.05, 4.69) is 10.2 Å². The molecule has 1 unspecified atom stereocenters. The van der Waals surface area contributed by atoms with Crippen LogP contribution in [0.25, 0.3) is 0 Å². The Bertz CT molecular complexity index is 1130. The van der Waals surface area contributed by atoms with Crippen LogP contribution in [0.3, 0.4) is 0 Å². The van der Waals surface area contributed by atoms with Crippen LogP contribution in [-0.4, -0.2) is 40.8 Å². The molecule has 0 radical (unpaired) electrons. The zero-order valence-corrected chi connectivity index (χ0v) is 17.3. The third kappa shape index (κ3) is 4.13. The maximum Gasteiger partial charge on any atom is 0.277 e. The number of carbonyl (C=O) groups excluding carboxylic acids is 2. The van der Waals surface area contributed by atoms with Crippen LogP contribution in [-0.2, 0) is 4.79 Å². The number of rotatable bonds is 6. The summed E-state index contributed by atoms with van der Waals surface area (Å²) in [6.07, 6.45) is 0.893. The van der Waals surface area contributed by atoms with Gasteiger partial charge in [0.25, 0.3) is 11.1 Å². The first-order valence-electron chi connectivity index (χ1n) is 9.96. The van der Waals surface area contributed by atoms with E-state index in [-0.39, 0.29) is 29.3 Å². The van der Waals surface area contributed by atoms with Crippen molar-refractivity contribution < 1.29 is 23.5 Å². The third-order valence-corrected chi connectivity index (χ3v) is 5.90. The van der Waals surface area contributed by atoms with Crippen LogP contribution >= 0.6 is 11.8 Å². The van der Waals surface area contributed by atoms with E-state index in [9.17, 15) is 9.59 Å². The Kier molecular flexibility index (Phi) is 5.33. The van der Waals surface area contributed by atoms with Crippen molar-refractivity contribution in [1.82, 2.24) is 10.2 Å². The molecule has 0 spiro atoms. The average Bonchev–Trinajstić information content (AvgIpc) is 3.46. The van der Waals surface area contributed by atoms with Gasteiger partial charge in [-0.05, 0) is 30.7 Å². The summed E-state index contributed by atoms with van der Waals surface area (Å²) >= 11 is 1.17. The van der Waals surface area contributed by atoms with Crippen molar-refractivity contribution >= 4 is 29.1 Å². The van der Waals surface area contributed by atoms with Crippen molar-refractivity contribution in [1.29, 1.82) is 0 Å². The average molecular weight is 437 g/mol. The molecule has 1 saturated heterocycles. The van der Waals surface area contributed by atoms with Crippen LogP contribution in [0.5, 0.6) is 11.5 Å². The number of fused-ring (bicyclic) bond motifs is 1. The van der Waals surface area contributed by atoms with E-state index in [4.69, 9.17) is 13.9 Å².